The first-order chi connectivity index (χ1) is 7.43. The van der Waals surface area contributed by atoms with Crippen molar-refractivity contribution in [3.63, 3.8) is 0 Å². The monoisotopic (exact) mass is 241 g/mol. The quantitative estimate of drug-likeness (QED) is 0.823. The van der Waals surface area contributed by atoms with Crippen LogP contribution in [0.1, 0.15) is 19.4 Å². The number of thioether (sulfide) groups is 1. The minimum Gasteiger partial charge on any atom is -0.497 e. The number of benzene rings is 1. The molecular weight excluding hydrogens is 222 g/mol. The summed E-state index contributed by atoms with van der Waals surface area (Å²) in [7, 11) is 3.32. The van der Waals surface area contributed by atoms with Crippen LogP contribution in [0.5, 0.6) is 11.5 Å². The van der Waals surface area contributed by atoms with Crippen LogP contribution in [0.15, 0.2) is 17.0 Å². The average molecular weight is 241 g/mol. The number of hydrogen-bond acceptors (Lipinski definition) is 4. The van der Waals surface area contributed by atoms with Crippen LogP contribution < -0.4 is 15.2 Å². The van der Waals surface area contributed by atoms with E-state index in [4.69, 9.17) is 15.2 Å². The number of rotatable bonds is 4. The predicted octanol–water partition coefficient (Wildman–Crippen LogP) is 2.62. The van der Waals surface area contributed by atoms with Crippen molar-refractivity contribution >= 4 is 11.8 Å². The van der Waals surface area contributed by atoms with Crippen LogP contribution in [0.3, 0.4) is 0 Å². The Labute approximate surface area is 101 Å². The molecule has 1 aromatic rings. The first kappa shape index (κ1) is 13.2. The molecule has 0 aliphatic carbocycles. The summed E-state index contributed by atoms with van der Waals surface area (Å²) in [5.41, 5.74) is 6.64. The van der Waals surface area contributed by atoms with E-state index in [0.717, 1.165) is 22.0 Å². The maximum atomic E-state index is 6.14. The summed E-state index contributed by atoms with van der Waals surface area (Å²) in [4.78, 5) is 1.04. The number of hydrogen-bond donors (Lipinski definition) is 1. The predicted molar refractivity (Wildman–Crippen MR) is 68.5 cm³/mol. The largest absolute Gasteiger partial charge is 0.497 e. The van der Waals surface area contributed by atoms with Crippen molar-refractivity contribution in [1.29, 1.82) is 0 Å². The van der Waals surface area contributed by atoms with Crippen LogP contribution in [0, 0.1) is 0 Å². The van der Waals surface area contributed by atoms with Gasteiger partial charge in [-0.25, -0.2) is 0 Å². The summed E-state index contributed by atoms with van der Waals surface area (Å²) in [6, 6.07) is 3.89. The van der Waals surface area contributed by atoms with Gasteiger partial charge in [0.05, 0.1) is 19.1 Å². The van der Waals surface area contributed by atoms with Crippen LogP contribution >= 0.6 is 11.8 Å². The third kappa shape index (κ3) is 2.62. The second-order valence-corrected chi connectivity index (χ2v) is 4.98. The summed E-state index contributed by atoms with van der Waals surface area (Å²) in [6.45, 7) is 3.91. The van der Waals surface area contributed by atoms with Gasteiger partial charge in [0.2, 0.25) is 0 Å². The van der Waals surface area contributed by atoms with Gasteiger partial charge in [-0.2, -0.15) is 0 Å². The molecule has 0 amide bonds. The highest BCUT2D eigenvalue weighted by atomic mass is 32.2. The lowest BCUT2D eigenvalue weighted by Gasteiger charge is -2.24. The summed E-state index contributed by atoms with van der Waals surface area (Å²) in [6.07, 6.45) is 2.00. The molecule has 0 saturated carbocycles. The molecule has 0 radical (unpaired) electrons. The fourth-order valence-electron chi connectivity index (χ4n) is 1.54. The van der Waals surface area contributed by atoms with Crippen molar-refractivity contribution in [3.8, 4) is 11.5 Å². The van der Waals surface area contributed by atoms with E-state index >= 15 is 0 Å². The lowest BCUT2D eigenvalue weighted by atomic mass is 9.94. The van der Waals surface area contributed by atoms with E-state index in [2.05, 4.69) is 0 Å². The third-order valence-electron chi connectivity index (χ3n) is 2.38. The van der Waals surface area contributed by atoms with E-state index in [-0.39, 0.29) is 0 Å². The molecule has 90 valence electrons. The highest BCUT2D eigenvalue weighted by Gasteiger charge is 2.22. The molecule has 0 aliphatic rings. The van der Waals surface area contributed by atoms with E-state index in [9.17, 15) is 0 Å². The molecular formula is C12H19NO2S. The third-order valence-corrected chi connectivity index (χ3v) is 3.13. The summed E-state index contributed by atoms with van der Waals surface area (Å²) >= 11 is 1.62. The van der Waals surface area contributed by atoms with Gasteiger partial charge in [0.25, 0.3) is 0 Å². The molecule has 0 spiro atoms. The van der Waals surface area contributed by atoms with E-state index in [0.29, 0.717) is 0 Å². The summed E-state index contributed by atoms with van der Waals surface area (Å²) in [5.74, 6) is 1.64. The molecule has 2 N–H and O–H groups in total. The van der Waals surface area contributed by atoms with Crippen LogP contribution in [0.4, 0.5) is 0 Å². The van der Waals surface area contributed by atoms with Crippen LogP contribution in [-0.2, 0) is 5.54 Å². The van der Waals surface area contributed by atoms with Gasteiger partial charge in [0.1, 0.15) is 11.5 Å². The topological polar surface area (TPSA) is 44.5 Å². The van der Waals surface area contributed by atoms with Gasteiger partial charge in [-0.1, -0.05) is 0 Å². The zero-order valence-electron chi connectivity index (χ0n) is 10.5. The highest BCUT2D eigenvalue weighted by Crippen LogP contribution is 2.39. The Balaban J connectivity index is 3.43. The van der Waals surface area contributed by atoms with Crippen molar-refractivity contribution in [2.75, 3.05) is 20.5 Å². The van der Waals surface area contributed by atoms with Gasteiger partial charge in [-0.3, -0.25) is 0 Å². The van der Waals surface area contributed by atoms with Gasteiger partial charge in [-0.15, -0.1) is 11.8 Å². The molecule has 16 heavy (non-hydrogen) atoms. The molecule has 0 aromatic heterocycles. The Morgan fingerprint density at radius 1 is 1.19 bits per heavy atom. The maximum absolute atomic E-state index is 6.14. The van der Waals surface area contributed by atoms with Crippen molar-refractivity contribution in [3.05, 3.63) is 17.7 Å². The zero-order valence-corrected chi connectivity index (χ0v) is 11.3. The van der Waals surface area contributed by atoms with Gasteiger partial charge in [-0.05, 0) is 32.2 Å². The normalized spacial score (nSPS) is 11.4. The van der Waals surface area contributed by atoms with Gasteiger partial charge >= 0.3 is 0 Å². The van der Waals surface area contributed by atoms with Gasteiger partial charge < -0.3 is 15.2 Å². The molecule has 1 aromatic carbocycles. The van der Waals surface area contributed by atoms with E-state index in [1.165, 1.54) is 0 Å². The molecule has 1 rings (SSSR count). The van der Waals surface area contributed by atoms with Crippen molar-refractivity contribution < 1.29 is 9.47 Å². The number of nitrogens with two attached hydrogens (primary N) is 1. The minimum absolute atomic E-state index is 0.454. The number of ether oxygens (including phenoxy) is 2. The Kier molecular flexibility index (Phi) is 4.10. The first-order valence-electron chi connectivity index (χ1n) is 5.03. The Bertz CT molecular complexity index is 372. The van der Waals surface area contributed by atoms with Crippen LogP contribution in [0.25, 0.3) is 0 Å². The van der Waals surface area contributed by atoms with E-state index in [1.54, 1.807) is 26.0 Å². The maximum Gasteiger partial charge on any atom is 0.137 e. The SMILES string of the molecule is COc1cc(SC)c(OC)c(C(C)(C)N)c1. The number of methoxy groups -OCH3 is 2. The fraction of sp³-hybridized carbons (Fsp3) is 0.500. The first-order valence-corrected chi connectivity index (χ1v) is 6.26. The molecule has 0 heterocycles. The second-order valence-electron chi connectivity index (χ2n) is 4.13. The lowest BCUT2D eigenvalue weighted by Crippen LogP contribution is -2.29. The Hall–Kier alpha value is -0.870. The second kappa shape index (κ2) is 4.97. The van der Waals surface area contributed by atoms with Gasteiger partial charge in [0.15, 0.2) is 0 Å². The van der Waals surface area contributed by atoms with Crippen LogP contribution in [-0.4, -0.2) is 20.5 Å². The Morgan fingerprint density at radius 2 is 1.81 bits per heavy atom. The molecule has 0 atom stereocenters. The summed E-state index contributed by atoms with van der Waals surface area (Å²) in [5, 5.41) is 0. The molecule has 4 heteroatoms. The molecule has 0 unspecified atom stereocenters. The standard InChI is InChI=1S/C12H19NO2S/c1-12(2,13)9-6-8(14-3)7-10(16-5)11(9)15-4/h6-7H,13H2,1-5H3. The Morgan fingerprint density at radius 3 is 2.19 bits per heavy atom. The molecule has 0 bridgehead atoms. The van der Waals surface area contributed by atoms with Crippen molar-refractivity contribution in [2.24, 2.45) is 5.73 Å². The zero-order chi connectivity index (χ0) is 12.3. The minimum atomic E-state index is -0.454. The van der Waals surface area contributed by atoms with Crippen LogP contribution in [0.2, 0.25) is 0 Å². The van der Waals surface area contributed by atoms with Crippen molar-refractivity contribution in [2.45, 2.75) is 24.3 Å². The fourth-order valence-corrected chi connectivity index (χ4v) is 2.15. The molecule has 0 fully saturated rings. The molecule has 3 nitrogen and oxygen atoms in total. The van der Waals surface area contributed by atoms with E-state index < -0.39 is 5.54 Å². The molecule has 0 aliphatic heterocycles. The van der Waals surface area contributed by atoms with Gasteiger partial charge in [0, 0.05) is 11.1 Å². The smallest absolute Gasteiger partial charge is 0.137 e. The van der Waals surface area contributed by atoms with Crippen molar-refractivity contribution in [1.82, 2.24) is 0 Å². The average Bonchev–Trinajstić information content (AvgIpc) is 2.25. The molecule has 0 saturated heterocycles. The lowest BCUT2D eigenvalue weighted by molar-refractivity contribution is 0.375. The summed E-state index contributed by atoms with van der Waals surface area (Å²) < 4.78 is 10.7. The van der Waals surface area contributed by atoms with E-state index in [1.807, 2.05) is 32.2 Å². The highest BCUT2D eigenvalue weighted by molar-refractivity contribution is 7.98.